The van der Waals surface area contributed by atoms with Crippen molar-refractivity contribution < 1.29 is 9.13 Å². The predicted molar refractivity (Wildman–Crippen MR) is 129 cm³/mol. The molecule has 0 N–H and O–H groups in total. The van der Waals surface area contributed by atoms with E-state index >= 15 is 0 Å². The minimum absolute atomic E-state index is 0.134. The summed E-state index contributed by atoms with van der Waals surface area (Å²) in [4.78, 5) is 4.73. The first-order chi connectivity index (χ1) is 16.3. The van der Waals surface area contributed by atoms with E-state index in [1.54, 1.807) is 18.2 Å². The summed E-state index contributed by atoms with van der Waals surface area (Å²) in [6.45, 7) is 3.54. The van der Waals surface area contributed by atoms with Gasteiger partial charge in [0, 0.05) is 31.7 Å². The summed E-state index contributed by atoms with van der Waals surface area (Å²) in [5, 5.41) is 0. The van der Waals surface area contributed by atoms with Crippen molar-refractivity contribution in [3.05, 3.63) is 107 Å². The number of hydrogen-bond acceptors (Lipinski definition) is 6. The number of nitrogens with zero attached hydrogens (tertiary/aromatic N) is 4. The molecule has 0 spiro atoms. The Morgan fingerprint density at radius 1 is 0.788 bits per heavy atom. The Hall–Kier alpha value is -3.29. The number of hydrogen-bond donors (Lipinski definition) is 0. The minimum Gasteiger partial charge on any atom is -0.469 e. The molecule has 0 aliphatic carbocycles. The lowest BCUT2D eigenvalue weighted by Crippen LogP contribution is -2.48. The summed E-state index contributed by atoms with van der Waals surface area (Å²) in [5.41, 5.74) is 3.10. The molecular formula is C26H25FN4OS. The van der Waals surface area contributed by atoms with Crippen molar-refractivity contribution in [3.8, 4) is 5.88 Å². The van der Waals surface area contributed by atoms with Crippen LogP contribution in [-0.4, -0.2) is 39.8 Å². The highest BCUT2D eigenvalue weighted by molar-refractivity contribution is 6.99. The van der Waals surface area contributed by atoms with E-state index in [1.807, 2.05) is 0 Å². The summed E-state index contributed by atoms with van der Waals surface area (Å²) in [6.07, 6.45) is 0. The van der Waals surface area contributed by atoms with Crippen LogP contribution in [0.25, 0.3) is 0 Å². The van der Waals surface area contributed by atoms with Gasteiger partial charge in [0.1, 0.15) is 12.4 Å². The van der Waals surface area contributed by atoms with Crippen molar-refractivity contribution in [2.45, 2.75) is 12.6 Å². The maximum absolute atomic E-state index is 13.9. The third-order valence-corrected chi connectivity index (χ3v) is 6.48. The largest absolute Gasteiger partial charge is 0.469 e. The Morgan fingerprint density at radius 2 is 1.39 bits per heavy atom. The van der Waals surface area contributed by atoms with E-state index in [9.17, 15) is 4.39 Å². The SMILES string of the molecule is Fc1ccccc1COc1nsnc1N1CCN(C(c2ccccc2)c2ccccc2)CC1. The van der Waals surface area contributed by atoms with Crippen LogP contribution in [0.3, 0.4) is 0 Å². The van der Waals surface area contributed by atoms with E-state index in [1.165, 1.54) is 17.2 Å². The van der Waals surface area contributed by atoms with Crippen molar-refractivity contribution in [2.24, 2.45) is 0 Å². The van der Waals surface area contributed by atoms with E-state index < -0.39 is 0 Å². The van der Waals surface area contributed by atoms with Gasteiger partial charge < -0.3 is 9.64 Å². The summed E-state index contributed by atoms with van der Waals surface area (Å²) in [6, 6.07) is 28.1. The molecule has 1 aliphatic heterocycles. The Kier molecular flexibility index (Phi) is 6.60. The van der Waals surface area contributed by atoms with Crippen LogP contribution in [0, 0.1) is 5.82 Å². The van der Waals surface area contributed by atoms with Crippen LogP contribution in [0.4, 0.5) is 10.2 Å². The van der Waals surface area contributed by atoms with Gasteiger partial charge in [0.05, 0.1) is 17.8 Å². The lowest BCUT2D eigenvalue weighted by molar-refractivity contribution is 0.211. The number of benzene rings is 3. The topological polar surface area (TPSA) is 41.5 Å². The van der Waals surface area contributed by atoms with Gasteiger partial charge in [0.25, 0.3) is 5.88 Å². The van der Waals surface area contributed by atoms with Crippen LogP contribution in [0.15, 0.2) is 84.9 Å². The van der Waals surface area contributed by atoms with Crippen molar-refractivity contribution in [1.82, 2.24) is 13.6 Å². The average molecular weight is 461 g/mol. The predicted octanol–water partition coefficient (Wildman–Crippen LogP) is 5.17. The van der Waals surface area contributed by atoms with Gasteiger partial charge in [0.2, 0.25) is 5.82 Å². The third kappa shape index (κ3) is 4.89. The van der Waals surface area contributed by atoms with Gasteiger partial charge in [-0.3, -0.25) is 4.90 Å². The summed E-state index contributed by atoms with van der Waals surface area (Å²) < 4.78 is 28.6. The quantitative estimate of drug-likeness (QED) is 0.381. The standard InChI is InChI=1S/C26H25FN4OS/c27-23-14-8-7-13-22(23)19-32-26-25(28-33-29-26)31-17-15-30(16-18-31)24(20-9-3-1-4-10-20)21-11-5-2-6-12-21/h1-14,24H,15-19H2. The van der Waals surface area contributed by atoms with E-state index in [4.69, 9.17) is 4.74 Å². The van der Waals surface area contributed by atoms with Gasteiger partial charge in [-0.05, 0) is 17.2 Å². The molecule has 0 bridgehead atoms. The number of aromatic nitrogens is 2. The number of rotatable bonds is 7. The van der Waals surface area contributed by atoms with E-state index in [0.717, 1.165) is 43.7 Å². The van der Waals surface area contributed by atoms with Crippen molar-refractivity contribution in [3.63, 3.8) is 0 Å². The fourth-order valence-electron chi connectivity index (χ4n) is 4.30. The fraction of sp³-hybridized carbons (Fsp3) is 0.231. The van der Waals surface area contributed by atoms with Crippen molar-refractivity contribution in [2.75, 3.05) is 31.1 Å². The normalized spacial score (nSPS) is 14.5. The van der Waals surface area contributed by atoms with E-state index in [0.29, 0.717) is 11.4 Å². The Bertz CT molecular complexity index is 1120. The van der Waals surface area contributed by atoms with Gasteiger partial charge in [-0.25, -0.2) is 4.39 Å². The molecule has 0 amide bonds. The number of anilines is 1. The average Bonchev–Trinajstić information content (AvgIpc) is 3.34. The molecule has 5 rings (SSSR count). The molecule has 0 saturated carbocycles. The molecule has 1 saturated heterocycles. The zero-order chi connectivity index (χ0) is 22.5. The number of halogens is 1. The third-order valence-electron chi connectivity index (χ3n) is 5.97. The zero-order valence-corrected chi connectivity index (χ0v) is 19.0. The first kappa shape index (κ1) is 21.6. The van der Waals surface area contributed by atoms with E-state index in [-0.39, 0.29) is 18.5 Å². The molecule has 7 heteroatoms. The molecule has 1 fully saturated rings. The smallest absolute Gasteiger partial charge is 0.271 e. The number of ether oxygens (including phenoxy) is 1. The molecule has 33 heavy (non-hydrogen) atoms. The summed E-state index contributed by atoms with van der Waals surface area (Å²) >= 11 is 1.13. The second-order valence-electron chi connectivity index (χ2n) is 8.02. The van der Waals surface area contributed by atoms with Crippen molar-refractivity contribution in [1.29, 1.82) is 0 Å². The van der Waals surface area contributed by atoms with Crippen molar-refractivity contribution >= 4 is 17.5 Å². The maximum Gasteiger partial charge on any atom is 0.271 e. The Morgan fingerprint density at radius 3 is 2.03 bits per heavy atom. The van der Waals surface area contributed by atoms with Gasteiger partial charge in [-0.15, -0.1) is 4.37 Å². The molecule has 5 nitrogen and oxygen atoms in total. The van der Waals surface area contributed by atoms with Crippen LogP contribution in [0.2, 0.25) is 0 Å². The summed E-state index contributed by atoms with van der Waals surface area (Å²) in [5.74, 6) is 0.940. The van der Waals surface area contributed by atoms with Gasteiger partial charge >= 0.3 is 0 Å². The molecule has 0 atom stereocenters. The molecule has 1 aliphatic rings. The van der Waals surface area contributed by atoms with Gasteiger partial charge in [-0.1, -0.05) is 78.9 Å². The fourth-order valence-corrected chi connectivity index (χ4v) is 4.82. The highest BCUT2D eigenvalue weighted by Crippen LogP contribution is 2.32. The van der Waals surface area contributed by atoms with Crippen LogP contribution >= 0.6 is 11.7 Å². The molecule has 168 valence electrons. The molecule has 0 unspecified atom stereocenters. The first-order valence-electron chi connectivity index (χ1n) is 11.1. The second-order valence-corrected chi connectivity index (χ2v) is 8.55. The van der Waals surface area contributed by atoms with Crippen LogP contribution in [0.5, 0.6) is 5.88 Å². The monoisotopic (exact) mass is 460 g/mol. The summed E-state index contributed by atoms with van der Waals surface area (Å²) in [7, 11) is 0. The Balaban J connectivity index is 1.28. The molecule has 2 heterocycles. The highest BCUT2D eigenvalue weighted by atomic mass is 32.1. The van der Waals surface area contributed by atoms with Crippen LogP contribution in [-0.2, 0) is 6.61 Å². The molecule has 1 aromatic heterocycles. The second kappa shape index (κ2) is 10.1. The Labute approximate surface area is 197 Å². The maximum atomic E-state index is 13.9. The highest BCUT2D eigenvalue weighted by Gasteiger charge is 2.28. The zero-order valence-electron chi connectivity index (χ0n) is 18.2. The van der Waals surface area contributed by atoms with E-state index in [2.05, 4.69) is 79.2 Å². The number of piperazine rings is 1. The molecule has 4 aromatic rings. The molecule has 3 aromatic carbocycles. The molecule has 0 radical (unpaired) electrons. The minimum atomic E-state index is -0.274. The lowest BCUT2D eigenvalue weighted by atomic mass is 9.96. The van der Waals surface area contributed by atoms with Crippen LogP contribution < -0.4 is 9.64 Å². The van der Waals surface area contributed by atoms with Gasteiger partial charge in [0.15, 0.2) is 0 Å². The first-order valence-corrected chi connectivity index (χ1v) is 11.8. The lowest BCUT2D eigenvalue weighted by Gasteiger charge is -2.39. The van der Waals surface area contributed by atoms with Gasteiger partial charge in [-0.2, -0.15) is 4.37 Å². The molecular weight excluding hydrogens is 435 g/mol. The van der Waals surface area contributed by atoms with Crippen LogP contribution in [0.1, 0.15) is 22.7 Å².